The van der Waals surface area contributed by atoms with Crippen molar-refractivity contribution < 1.29 is 19.0 Å². The van der Waals surface area contributed by atoms with Crippen LogP contribution in [0.15, 0.2) is 42.5 Å². The summed E-state index contributed by atoms with van der Waals surface area (Å²) in [7, 11) is 3.13. The molecule has 0 amide bonds. The summed E-state index contributed by atoms with van der Waals surface area (Å²) in [4.78, 5) is 12.7. The van der Waals surface area contributed by atoms with E-state index in [1.54, 1.807) is 44.6 Å². The predicted molar refractivity (Wildman–Crippen MR) is 116 cm³/mol. The number of hydrogen-bond acceptors (Lipinski definition) is 5. The van der Waals surface area contributed by atoms with Crippen LogP contribution in [0.1, 0.15) is 54.4 Å². The number of ether oxygens (including phenoxy) is 3. The fourth-order valence-corrected chi connectivity index (χ4v) is 3.14. The molecule has 0 aliphatic heterocycles. The fourth-order valence-electron chi connectivity index (χ4n) is 2.92. The first-order valence-electron chi connectivity index (χ1n) is 9.79. The maximum atomic E-state index is 12.7. The molecule has 0 aliphatic carbocycles. The number of carbonyl (C=O) groups is 1. The molecule has 0 aliphatic rings. The maximum Gasteiger partial charge on any atom is 0.193 e. The molecule has 2 aromatic carbocycles. The van der Waals surface area contributed by atoms with Crippen LogP contribution in [-0.2, 0) is 0 Å². The summed E-state index contributed by atoms with van der Waals surface area (Å²) < 4.78 is 16.3. The third-order valence-electron chi connectivity index (χ3n) is 4.55. The number of thiol groups is 1. The van der Waals surface area contributed by atoms with Gasteiger partial charge in [0.25, 0.3) is 0 Å². The van der Waals surface area contributed by atoms with E-state index in [0.29, 0.717) is 29.2 Å². The molecule has 0 bridgehead atoms. The van der Waals surface area contributed by atoms with Crippen molar-refractivity contribution in [2.45, 2.75) is 38.5 Å². The second-order valence-electron chi connectivity index (χ2n) is 6.65. The van der Waals surface area contributed by atoms with Crippen molar-refractivity contribution in [1.29, 1.82) is 0 Å². The molecule has 0 saturated heterocycles. The molecule has 0 N–H and O–H groups in total. The van der Waals surface area contributed by atoms with E-state index < -0.39 is 0 Å². The Hall–Kier alpha value is -2.14. The van der Waals surface area contributed by atoms with Gasteiger partial charge in [-0.15, -0.1) is 0 Å². The van der Waals surface area contributed by atoms with Gasteiger partial charge in [0.1, 0.15) is 17.2 Å². The van der Waals surface area contributed by atoms with Gasteiger partial charge in [0.15, 0.2) is 5.78 Å². The molecule has 0 saturated carbocycles. The van der Waals surface area contributed by atoms with E-state index in [1.807, 2.05) is 12.1 Å². The minimum Gasteiger partial charge on any atom is -0.497 e. The lowest BCUT2D eigenvalue weighted by molar-refractivity contribution is 0.103. The summed E-state index contributed by atoms with van der Waals surface area (Å²) >= 11 is 4.23. The molecule has 0 radical (unpaired) electrons. The molecule has 0 spiro atoms. The Kier molecular flexibility index (Phi) is 9.77. The van der Waals surface area contributed by atoms with Gasteiger partial charge >= 0.3 is 0 Å². The Balaban J connectivity index is 1.84. The predicted octanol–water partition coefficient (Wildman–Crippen LogP) is 5.58. The smallest absolute Gasteiger partial charge is 0.193 e. The number of hydrogen-bond donors (Lipinski definition) is 1. The van der Waals surface area contributed by atoms with Crippen molar-refractivity contribution in [1.82, 2.24) is 0 Å². The highest BCUT2D eigenvalue weighted by molar-refractivity contribution is 7.80. The lowest BCUT2D eigenvalue weighted by atomic mass is 10.0. The highest BCUT2D eigenvalue weighted by Gasteiger charge is 2.12. The highest BCUT2D eigenvalue weighted by atomic mass is 32.1. The molecule has 5 heteroatoms. The van der Waals surface area contributed by atoms with Gasteiger partial charge in [0.2, 0.25) is 0 Å². The molecule has 0 unspecified atom stereocenters. The SMILES string of the molecule is COc1cc(OC)cc(C(=O)c2ccc(OCCCCCCCCS)cc2)c1. The van der Waals surface area contributed by atoms with E-state index in [1.165, 1.54) is 32.1 Å². The first-order chi connectivity index (χ1) is 13.7. The van der Waals surface area contributed by atoms with Gasteiger partial charge < -0.3 is 14.2 Å². The van der Waals surface area contributed by atoms with E-state index >= 15 is 0 Å². The second-order valence-corrected chi connectivity index (χ2v) is 7.10. The Bertz CT molecular complexity index is 706. The number of carbonyl (C=O) groups excluding carboxylic acids is 1. The molecular formula is C23H30O4S. The lowest BCUT2D eigenvalue weighted by Crippen LogP contribution is -2.03. The summed E-state index contributed by atoms with van der Waals surface area (Å²) in [5, 5.41) is 0. The molecule has 0 aromatic heterocycles. The standard InChI is InChI=1S/C23H30O4S/c1-25-21-15-19(16-22(17-21)26-2)23(24)18-9-11-20(12-10-18)27-13-7-5-3-4-6-8-14-28/h9-12,15-17,28H,3-8,13-14H2,1-2H3. The Morgan fingerprint density at radius 3 is 1.89 bits per heavy atom. The fraction of sp³-hybridized carbons (Fsp3) is 0.435. The zero-order valence-corrected chi connectivity index (χ0v) is 17.7. The van der Waals surface area contributed by atoms with E-state index in [4.69, 9.17) is 14.2 Å². The highest BCUT2D eigenvalue weighted by Crippen LogP contribution is 2.25. The molecule has 28 heavy (non-hydrogen) atoms. The van der Waals surface area contributed by atoms with Crippen LogP contribution in [0.4, 0.5) is 0 Å². The van der Waals surface area contributed by atoms with Crippen molar-refractivity contribution in [2.24, 2.45) is 0 Å². The minimum atomic E-state index is -0.0787. The van der Waals surface area contributed by atoms with E-state index in [-0.39, 0.29) is 5.78 Å². The molecule has 2 aromatic rings. The Morgan fingerprint density at radius 2 is 1.32 bits per heavy atom. The largest absolute Gasteiger partial charge is 0.497 e. The van der Waals surface area contributed by atoms with Gasteiger partial charge in [-0.2, -0.15) is 12.6 Å². The minimum absolute atomic E-state index is 0.0787. The van der Waals surface area contributed by atoms with Crippen molar-refractivity contribution in [2.75, 3.05) is 26.6 Å². The van der Waals surface area contributed by atoms with Crippen LogP contribution in [0, 0.1) is 0 Å². The third kappa shape index (κ3) is 7.12. The lowest BCUT2D eigenvalue weighted by Gasteiger charge is -2.09. The number of unbranched alkanes of at least 4 members (excludes halogenated alkanes) is 5. The number of benzene rings is 2. The van der Waals surface area contributed by atoms with Crippen LogP contribution in [0.5, 0.6) is 17.2 Å². The first-order valence-corrected chi connectivity index (χ1v) is 10.4. The number of methoxy groups -OCH3 is 2. The molecule has 0 fully saturated rings. The van der Waals surface area contributed by atoms with Crippen LogP contribution >= 0.6 is 12.6 Å². The van der Waals surface area contributed by atoms with Crippen molar-refractivity contribution >= 4 is 18.4 Å². The molecule has 2 rings (SSSR count). The second kappa shape index (κ2) is 12.3. The monoisotopic (exact) mass is 402 g/mol. The molecule has 152 valence electrons. The van der Waals surface area contributed by atoms with Crippen LogP contribution < -0.4 is 14.2 Å². The zero-order valence-electron chi connectivity index (χ0n) is 16.8. The average Bonchev–Trinajstić information content (AvgIpc) is 2.75. The summed E-state index contributed by atoms with van der Waals surface area (Å²) in [6.07, 6.45) is 7.21. The molecular weight excluding hydrogens is 372 g/mol. The zero-order chi connectivity index (χ0) is 20.2. The molecule has 0 atom stereocenters. The van der Waals surface area contributed by atoms with Gasteiger partial charge in [0, 0.05) is 17.2 Å². The van der Waals surface area contributed by atoms with E-state index in [0.717, 1.165) is 17.9 Å². The van der Waals surface area contributed by atoms with Crippen LogP contribution in [0.2, 0.25) is 0 Å². The molecule has 0 heterocycles. The topological polar surface area (TPSA) is 44.8 Å². The average molecular weight is 403 g/mol. The first kappa shape index (κ1) is 22.2. The van der Waals surface area contributed by atoms with Crippen molar-refractivity contribution in [3.8, 4) is 17.2 Å². The van der Waals surface area contributed by atoms with Crippen molar-refractivity contribution in [3.63, 3.8) is 0 Å². The quantitative estimate of drug-likeness (QED) is 0.270. The Morgan fingerprint density at radius 1 is 0.750 bits per heavy atom. The van der Waals surface area contributed by atoms with Gasteiger partial charge in [-0.25, -0.2) is 0 Å². The van der Waals surface area contributed by atoms with E-state index in [9.17, 15) is 4.79 Å². The number of rotatable bonds is 13. The summed E-state index contributed by atoms with van der Waals surface area (Å²) in [5.74, 6) is 2.87. The van der Waals surface area contributed by atoms with Gasteiger partial charge in [-0.1, -0.05) is 25.7 Å². The maximum absolute atomic E-state index is 12.7. The van der Waals surface area contributed by atoms with Crippen molar-refractivity contribution in [3.05, 3.63) is 53.6 Å². The number of ketones is 1. The Labute approximate surface area is 173 Å². The summed E-state index contributed by atoms with van der Waals surface area (Å²) in [5.41, 5.74) is 1.13. The van der Waals surface area contributed by atoms with Gasteiger partial charge in [-0.3, -0.25) is 4.79 Å². The molecule has 4 nitrogen and oxygen atoms in total. The summed E-state index contributed by atoms with van der Waals surface area (Å²) in [6, 6.07) is 12.4. The van der Waals surface area contributed by atoms with Crippen LogP contribution in [-0.4, -0.2) is 32.4 Å². The van der Waals surface area contributed by atoms with Crippen LogP contribution in [0.25, 0.3) is 0 Å². The van der Waals surface area contributed by atoms with Gasteiger partial charge in [0.05, 0.1) is 20.8 Å². The normalized spacial score (nSPS) is 10.5. The summed E-state index contributed by atoms with van der Waals surface area (Å²) in [6.45, 7) is 0.701. The third-order valence-corrected chi connectivity index (χ3v) is 4.87. The van der Waals surface area contributed by atoms with E-state index in [2.05, 4.69) is 12.6 Å². The van der Waals surface area contributed by atoms with Gasteiger partial charge in [-0.05, 0) is 55.0 Å². The van der Waals surface area contributed by atoms with Crippen LogP contribution in [0.3, 0.4) is 0 Å².